The Labute approximate surface area is 248 Å². The Kier molecular flexibility index (Phi) is 14.6. The van der Waals surface area contributed by atoms with Crippen LogP contribution in [0.25, 0.3) is 0 Å². The van der Waals surface area contributed by atoms with Crippen molar-refractivity contribution in [3.8, 4) is 0 Å². The van der Waals surface area contributed by atoms with Gasteiger partial charge in [0.15, 0.2) is 0 Å². The summed E-state index contributed by atoms with van der Waals surface area (Å²) in [5.41, 5.74) is -2.15. The summed E-state index contributed by atoms with van der Waals surface area (Å²) in [5.74, 6) is 0. The molecule has 1 fully saturated rings. The van der Waals surface area contributed by atoms with Gasteiger partial charge in [-0.2, -0.15) is 31.4 Å². The van der Waals surface area contributed by atoms with Crippen LogP contribution in [0, 0.1) is 0 Å². The molecule has 1 aromatic heterocycles. The van der Waals surface area contributed by atoms with E-state index in [1.165, 1.54) is 19.6 Å². The van der Waals surface area contributed by atoms with Gasteiger partial charge in [-0.1, -0.05) is 44.2 Å². The van der Waals surface area contributed by atoms with Gasteiger partial charge in [0, 0.05) is 19.7 Å². The predicted octanol–water partition coefficient (Wildman–Crippen LogP) is 7.47. The zero-order valence-corrected chi connectivity index (χ0v) is 25.5. The van der Waals surface area contributed by atoms with Gasteiger partial charge in [-0.3, -0.25) is 4.57 Å². The van der Waals surface area contributed by atoms with E-state index in [1.54, 1.807) is 31.7 Å². The number of rotatable bonds is 4. The van der Waals surface area contributed by atoms with Gasteiger partial charge < -0.3 is 15.2 Å². The molecule has 1 saturated heterocycles. The van der Waals surface area contributed by atoms with E-state index in [2.05, 4.69) is 39.8 Å². The van der Waals surface area contributed by atoms with E-state index in [-0.39, 0.29) is 23.4 Å². The van der Waals surface area contributed by atoms with Crippen molar-refractivity contribution in [2.24, 2.45) is 0 Å². The lowest BCUT2D eigenvalue weighted by Crippen LogP contribution is -2.37. The van der Waals surface area contributed by atoms with Crippen LogP contribution in [0.2, 0.25) is 0 Å². The average molecular weight is 621 g/mol. The molecule has 3 unspecified atom stereocenters. The second kappa shape index (κ2) is 16.6. The molecule has 4 rings (SSSR count). The lowest BCUT2D eigenvalue weighted by molar-refractivity contribution is -0.143. The summed E-state index contributed by atoms with van der Waals surface area (Å²) in [6.45, 7) is 11.4. The lowest BCUT2D eigenvalue weighted by Gasteiger charge is -2.30. The highest BCUT2D eigenvalue weighted by Gasteiger charge is 2.37. The fraction of sp³-hybridized carbons (Fsp3) is 0.533. The number of methoxy groups -OCH3 is 1. The van der Waals surface area contributed by atoms with E-state index in [1.807, 2.05) is 19.9 Å². The Morgan fingerprint density at radius 3 is 1.84 bits per heavy atom. The zero-order chi connectivity index (χ0) is 33.0. The summed E-state index contributed by atoms with van der Waals surface area (Å²) in [4.78, 5) is 11.5. The van der Waals surface area contributed by atoms with Gasteiger partial charge in [-0.25, -0.2) is 9.89 Å². The number of hydrogen-bond acceptors (Lipinski definition) is 5. The molecule has 13 heteroatoms. The molecule has 0 amide bonds. The first kappa shape index (κ1) is 37.9. The summed E-state index contributed by atoms with van der Waals surface area (Å²) in [7, 11) is 1.21. The maximum atomic E-state index is 12.5. The van der Waals surface area contributed by atoms with Gasteiger partial charge in [-0.15, -0.1) is 0 Å². The number of H-pyrrole nitrogens is 1. The molecule has 43 heavy (non-hydrogen) atoms. The molecular weight excluding hydrogens is 578 g/mol. The second-order valence-electron chi connectivity index (χ2n) is 10.6. The van der Waals surface area contributed by atoms with Gasteiger partial charge in [0.05, 0.1) is 28.9 Å². The van der Waals surface area contributed by atoms with Crippen LogP contribution >= 0.6 is 0 Å². The number of hydrogen-bond donors (Lipinski definition) is 3. The molecule has 0 radical (unpaired) electrons. The third-order valence-electron chi connectivity index (χ3n) is 5.99. The van der Waals surface area contributed by atoms with Gasteiger partial charge in [-0.05, 0) is 69.9 Å². The van der Waals surface area contributed by atoms with Gasteiger partial charge in [0.25, 0.3) is 0 Å². The molecule has 1 aliphatic rings. The van der Waals surface area contributed by atoms with Gasteiger partial charge in [0.2, 0.25) is 0 Å². The fourth-order valence-corrected chi connectivity index (χ4v) is 3.92. The zero-order valence-electron chi connectivity index (χ0n) is 25.5. The number of halogens is 6. The molecule has 242 valence electrons. The molecule has 3 aromatic rings. The van der Waals surface area contributed by atoms with E-state index >= 15 is 0 Å². The van der Waals surface area contributed by atoms with Crippen molar-refractivity contribution in [2.45, 2.75) is 90.5 Å². The summed E-state index contributed by atoms with van der Waals surface area (Å²) in [6, 6.07) is 12.4. The Morgan fingerprint density at radius 1 is 0.953 bits per heavy atom. The first-order chi connectivity index (χ1) is 19.9. The number of ether oxygens (including phenoxy) is 1. The van der Waals surface area contributed by atoms with E-state index in [0.29, 0.717) is 18.2 Å². The highest BCUT2D eigenvalue weighted by atomic mass is 19.4. The van der Waals surface area contributed by atoms with Crippen molar-refractivity contribution in [3.05, 3.63) is 87.6 Å². The number of aromatic nitrogens is 3. The van der Waals surface area contributed by atoms with Crippen molar-refractivity contribution in [3.63, 3.8) is 0 Å². The number of alkyl halides is 6. The van der Waals surface area contributed by atoms with Crippen LogP contribution in [0.5, 0.6) is 0 Å². The second-order valence-corrected chi connectivity index (χ2v) is 10.6. The van der Waals surface area contributed by atoms with Crippen LogP contribution in [0.15, 0.2) is 59.7 Å². The summed E-state index contributed by atoms with van der Waals surface area (Å²) < 4.78 is 81.4. The van der Waals surface area contributed by atoms with E-state index < -0.39 is 35.2 Å². The van der Waals surface area contributed by atoms with Crippen molar-refractivity contribution < 1.29 is 36.2 Å². The Morgan fingerprint density at radius 2 is 1.47 bits per heavy atom. The van der Waals surface area contributed by atoms with E-state index in [4.69, 9.17) is 9.84 Å². The van der Waals surface area contributed by atoms with Crippen LogP contribution in [0.1, 0.15) is 94.8 Å². The Bertz CT molecular complexity index is 1220. The molecule has 0 bridgehead atoms. The molecule has 3 atom stereocenters. The fourth-order valence-electron chi connectivity index (χ4n) is 3.92. The van der Waals surface area contributed by atoms with Crippen LogP contribution in [-0.4, -0.2) is 39.1 Å². The van der Waals surface area contributed by atoms with Crippen molar-refractivity contribution in [1.82, 2.24) is 20.1 Å². The molecule has 0 spiro atoms. The van der Waals surface area contributed by atoms with E-state index in [0.717, 1.165) is 19.4 Å². The molecule has 0 saturated carbocycles. The van der Waals surface area contributed by atoms with Crippen LogP contribution < -0.4 is 11.0 Å². The largest absolute Gasteiger partial charge is 0.416 e. The van der Waals surface area contributed by atoms with Crippen LogP contribution in [-0.2, 0) is 17.1 Å². The molecule has 0 aliphatic carbocycles. The third kappa shape index (κ3) is 13.3. The first-order valence-electron chi connectivity index (χ1n) is 13.8. The minimum atomic E-state index is -4.83. The van der Waals surface area contributed by atoms with Crippen molar-refractivity contribution >= 4 is 0 Å². The van der Waals surface area contributed by atoms with Gasteiger partial charge >= 0.3 is 18.0 Å². The maximum Gasteiger partial charge on any atom is 0.416 e. The molecule has 2 aromatic carbocycles. The minimum Gasteiger partial charge on any atom is -0.391 e. The van der Waals surface area contributed by atoms with Crippen LogP contribution in [0.4, 0.5) is 26.3 Å². The molecule has 2 heterocycles. The van der Waals surface area contributed by atoms with Crippen LogP contribution in [0.3, 0.4) is 0 Å². The highest BCUT2D eigenvalue weighted by molar-refractivity contribution is 5.34. The molecule has 3 N–H and O–H groups in total. The summed E-state index contributed by atoms with van der Waals surface area (Å²) >= 11 is 0. The average Bonchev–Trinajstić information content (AvgIpc) is 3.38. The van der Waals surface area contributed by atoms with Crippen molar-refractivity contribution in [2.75, 3.05) is 13.7 Å². The number of aliphatic hydroxyl groups is 1. The molecule has 7 nitrogen and oxygen atoms in total. The smallest absolute Gasteiger partial charge is 0.391 e. The lowest BCUT2D eigenvalue weighted by atomic mass is 9.95. The quantitative estimate of drug-likeness (QED) is 0.263. The summed E-state index contributed by atoms with van der Waals surface area (Å²) in [6.07, 6.45) is -6.91. The predicted molar refractivity (Wildman–Crippen MR) is 153 cm³/mol. The normalized spacial score (nSPS) is 17.7. The Hall–Kier alpha value is -3.16. The number of aromatic amines is 1. The first-order valence-corrected chi connectivity index (χ1v) is 13.8. The third-order valence-corrected chi connectivity index (χ3v) is 5.99. The van der Waals surface area contributed by atoms with Gasteiger partial charge in [0.1, 0.15) is 6.33 Å². The monoisotopic (exact) mass is 620 g/mol. The SMILES string of the molecule is CC.CC(C)(C)O.COC(C)c1cc(C(F)(F)F)cc(C(F)(F)F)c1.O=c1[nH]ncn1C1CCC(c2ccccc2)NC1. The summed E-state index contributed by atoms with van der Waals surface area (Å²) in [5, 5.41) is 18.2. The maximum absolute atomic E-state index is 12.5. The standard InChI is InChI=1S/C13H16N4O.C11H10F6O.C4H10O.C2H6/c18-13-16-15-9-17(13)11-6-7-12(14-8-11)10-4-2-1-3-5-10;1-6(18-2)7-3-8(10(12,13)14)5-9(4-7)11(15,16)17;1-4(2,3)5;1-2/h1-5,9,11-12,14H,6-8H2,(H,16,18);3-6H,1-2H3;5H,1-3H3;1-2H3. The molecule has 1 aliphatic heterocycles. The van der Waals surface area contributed by atoms with E-state index in [9.17, 15) is 31.1 Å². The number of benzene rings is 2. The minimum absolute atomic E-state index is 0.0892. The van der Waals surface area contributed by atoms with Crippen molar-refractivity contribution in [1.29, 1.82) is 0 Å². The number of nitrogens with zero attached hydrogens (tertiary/aromatic N) is 2. The topological polar surface area (TPSA) is 92.2 Å². The Balaban J connectivity index is 0.000000355. The number of piperidine rings is 1. The highest BCUT2D eigenvalue weighted by Crippen LogP contribution is 2.37. The molecular formula is C30H42F6N4O3. The number of nitrogens with one attached hydrogen (secondary N) is 2.